The van der Waals surface area contributed by atoms with Crippen LogP contribution >= 0.6 is 0 Å². The smallest absolute Gasteiger partial charge is 0.311 e. The van der Waals surface area contributed by atoms with Gasteiger partial charge in [0, 0.05) is 0 Å². The van der Waals surface area contributed by atoms with Gasteiger partial charge in [0.15, 0.2) is 0 Å². The van der Waals surface area contributed by atoms with Gasteiger partial charge in [-0.05, 0) is 12.0 Å². The van der Waals surface area contributed by atoms with Crippen LogP contribution in [0.25, 0.3) is 0 Å². The monoisotopic (exact) mass is 206 g/mol. The van der Waals surface area contributed by atoms with Crippen molar-refractivity contribution in [2.45, 2.75) is 12.5 Å². The van der Waals surface area contributed by atoms with E-state index in [4.69, 9.17) is 9.47 Å². The van der Waals surface area contributed by atoms with Crippen LogP contribution in [-0.4, -0.2) is 19.7 Å². The summed E-state index contributed by atoms with van der Waals surface area (Å²) in [4.78, 5) is 11.3. The number of hydrogen-bond acceptors (Lipinski definition) is 3. The molecule has 1 fully saturated rings. The van der Waals surface area contributed by atoms with E-state index in [-0.39, 0.29) is 18.0 Å². The topological polar surface area (TPSA) is 35.5 Å². The molecule has 1 aliphatic heterocycles. The van der Waals surface area contributed by atoms with Crippen molar-refractivity contribution in [1.29, 1.82) is 0 Å². The molecule has 1 heterocycles. The van der Waals surface area contributed by atoms with Crippen molar-refractivity contribution < 1.29 is 14.3 Å². The molecule has 3 nitrogen and oxygen atoms in total. The van der Waals surface area contributed by atoms with Crippen LogP contribution in [0.15, 0.2) is 30.3 Å². The van der Waals surface area contributed by atoms with E-state index in [1.54, 1.807) is 0 Å². The molecule has 80 valence electrons. The Hall–Kier alpha value is -1.35. The fraction of sp³-hybridized carbons (Fsp3) is 0.417. The van der Waals surface area contributed by atoms with Crippen molar-refractivity contribution in [2.24, 2.45) is 5.92 Å². The zero-order chi connectivity index (χ0) is 10.7. The minimum absolute atomic E-state index is 0.0373. The molecule has 0 saturated carbocycles. The zero-order valence-electron chi connectivity index (χ0n) is 8.68. The van der Waals surface area contributed by atoms with Crippen molar-refractivity contribution in [3.05, 3.63) is 35.9 Å². The van der Waals surface area contributed by atoms with Crippen LogP contribution in [0.1, 0.15) is 18.1 Å². The maximum atomic E-state index is 11.3. The summed E-state index contributed by atoms with van der Waals surface area (Å²) in [6.45, 7) is 0.465. The quantitative estimate of drug-likeness (QED) is 0.694. The second-order valence-corrected chi connectivity index (χ2v) is 3.69. The first kappa shape index (κ1) is 10.2. The van der Waals surface area contributed by atoms with Gasteiger partial charge in [0.1, 0.15) is 0 Å². The Morgan fingerprint density at radius 3 is 2.80 bits per heavy atom. The van der Waals surface area contributed by atoms with E-state index >= 15 is 0 Å². The van der Waals surface area contributed by atoms with E-state index in [1.807, 2.05) is 30.3 Å². The maximum absolute atomic E-state index is 11.3. The Balaban J connectivity index is 2.02. The van der Waals surface area contributed by atoms with Crippen LogP contribution in [0.3, 0.4) is 0 Å². The lowest BCUT2D eigenvalue weighted by atomic mass is 10.0. The Kier molecular flexibility index (Phi) is 3.02. The predicted octanol–water partition coefficient (Wildman–Crippen LogP) is 1.94. The maximum Gasteiger partial charge on any atom is 0.311 e. The second kappa shape index (κ2) is 4.45. The van der Waals surface area contributed by atoms with Crippen LogP contribution in [-0.2, 0) is 14.3 Å². The molecule has 0 spiro atoms. The van der Waals surface area contributed by atoms with Crippen molar-refractivity contribution in [2.75, 3.05) is 13.7 Å². The van der Waals surface area contributed by atoms with E-state index in [0.717, 1.165) is 12.0 Å². The Morgan fingerprint density at radius 2 is 2.13 bits per heavy atom. The molecule has 0 radical (unpaired) electrons. The molecular weight excluding hydrogens is 192 g/mol. The first-order valence-electron chi connectivity index (χ1n) is 5.05. The Labute approximate surface area is 89.0 Å². The van der Waals surface area contributed by atoms with E-state index in [2.05, 4.69) is 0 Å². The van der Waals surface area contributed by atoms with Crippen molar-refractivity contribution in [3.8, 4) is 0 Å². The number of ether oxygens (including phenoxy) is 2. The second-order valence-electron chi connectivity index (χ2n) is 3.69. The molecule has 0 N–H and O–H groups in total. The molecule has 1 saturated heterocycles. The van der Waals surface area contributed by atoms with Gasteiger partial charge in [-0.2, -0.15) is 0 Å². The molecule has 0 amide bonds. The van der Waals surface area contributed by atoms with E-state index in [1.165, 1.54) is 7.11 Å². The zero-order valence-corrected chi connectivity index (χ0v) is 8.68. The average Bonchev–Trinajstić information content (AvgIpc) is 2.78. The van der Waals surface area contributed by atoms with Crippen LogP contribution in [0.5, 0.6) is 0 Å². The van der Waals surface area contributed by atoms with Gasteiger partial charge < -0.3 is 9.47 Å². The molecule has 1 aromatic rings. The lowest BCUT2D eigenvalue weighted by Gasteiger charge is -2.08. The van der Waals surface area contributed by atoms with Crippen LogP contribution < -0.4 is 0 Å². The third-order valence-electron chi connectivity index (χ3n) is 2.70. The minimum atomic E-state index is -0.173. The van der Waals surface area contributed by atoms with Gasteiger partial charge in [0.05, 0.1) is 25.7 Å². The minimum Gasteiger partial charge on any atom is -0.469 e. The van der Waals surface area contributed by atoms with Crippen molar-refractivity contribution >= 4 is 5.97 Å². The fourth-order valence-electron chi connectivity index (χ4n) is 1.86. The standard InChI is InChI=1S/C12H14O3/c1-14-12(13)10-7-11(15-8-10)9-5-3-2-4-6-9/h2-6,10-11H,7-8H2,1H3. The first-order chi connectivity index (χ1) is 7.31. The van der Waals surface area contributed by atoms with Gasteiger partial charge in [-0.25, -0.2) is 0 Å². The predicted molar refractivity (Wildman–Crippen MR) is 55.3 cm³/mol. The van der Waals surface area contributed by atoms with E-state index in [0.29, 0.717) is 6.61 Å². The highest BCUT2D eigenvalue weighted by molar-refractivity contribution is 5.72. The lowest BCUT2D eigenvalue weighted by Crippen LogP contribution is -2.15. The number of benzene rings is 1. The van der Waals surface area contributed by atoms with Crippen molar-refractivity contribution in [1.82, 2.24) is 0 Å². The van der Waals surface area contributed by atoms with Crippen molar-refractivity contribution in [3.63, 3.8) is 0 Å². The van der Waals surface area contributed by atoms with Gasteiger partial charge in [0.2, 0.25) is 0 Å². The van der Waals surface area contributed by atoms with Crippen LogP contribution in [0.2, 0.25) is 0 Å². The largest absolute Gasteiger partial charge is 0.469 e. The molecule has 2 unspecified atom stereocenters. The molecule has 3 heteroatoms. The molecule has 1 aromatic carbocycles. The molecule has 15 heavy (non-hydrogen) atoms. The number of methoxy groups -OCH3 is 1. The summed E-state index contributed by atoms with van der Waals surface area (Å²) in [7, 11) is 1.41. The van der Waals surface area contributed by atoms with Gasteiger partial charge in [-0.3, -0.25) is 4.79 Å². The summed E-state index contributed by atoms with van der Waals surface area (Å²) in [5.74, 6) is -0.284. The van der Waals surface area contributed by atoms with Gasteiger partial charge >= 0.3 is 5.97 Å². The van der Waals surface area contributed by atoms with E-state index < -0.39 is 0 Å². The summed E-state index contributed by atoms with van der Waals surface area (Å²) in [5.41, 5.74) is 1.13. The highest BCUT2D eigenvalue weighted by atomic mass is 16.5. The SMILES string of the molecule is COC(=O)C1COC(c2ccccc2)C1. The third-order valence-corrected chi connectivity index (χ3v) is 2.70. The van der Waals surface area contributed by atoms with Crippen LogP contribution in [0.4, 0.5) is 0 Å². The van der Waals surface area contributed by atoms with E-state index in [9.17, 15) is 4.79 Å². The molecule has 0 aliphatic carbocycles. The van der Waals surface area contributed by atoms with Gasteiger partial charge in [-0.15, -0.1) is 0 Å². The number of rotatable bonds is 2. The summed E-state index contributed by atoms with van der Waals surface area (Å²) in [6, 6.07) is 9.96. The molecule has 0 aromatic heterocycles. The summed E-state index contributed by atoms with van der Waals surface area (Å²) >= 11 is 0. The molecule has 2 rings (SSSR count). The molecule has 1 aliphatic rings. The highest BCUT2D eigenvalue weighted by Crippen LogP contribution is 2.32. The average molecular weight is 206 g/mol. The van der Waals surface area contributed by atoms with Gasteiger partial charge in [0.25, 0.3) is 0 Å². The molecule has 2 atom stereocenters. The number of carbonyl (C=O) groups excluding carboxylic acids is 1. The summed E-state index contributed by atoms with van der Waals surface area (Å²) in [6.07, 6.45) is 0.756. The third kappa shape index (κ3) is 2.18. The summed E-state index contributed by atoms with van der Waals surface area (Å²) in [5, 5.41) is 0. The normalized spacial score (nSPS) is 25.1. The molecule has 0 bridgehead atoms. The Morgan fingerprint density at radius 1 is 1.40 bits per heavy atom. The van der Waals surface area contributed by atoms with Gasteiger partial charge in [-0.1, -0.05) is 30.3 Å². The number of carbonyl (C=O) groups is 1. The fourth-order valence-corrected chi connectivity index (χ4v) is 1.86. The lowest BCUT2D eigenvalue weighted by molar-refractivity contribution is -0.145. The first-order valence-corrected chi connectivity index (χ1v) is 5.05. The van der Waals surface area contributed by atoms with Crippen LogP contribution in [0, 0.1) is 5.92 Å². The number of esters is 1. The highest BCUT2D eigenvalue weighted by Gasteiger charge is 2.32. The molecular formula is C12H14O3. The Bertz CT molecular complexity index is 334. The number of hydrogen-bond donors (Lipinski definition) is 0. The summed E-state index contributed by atoms with van der Waals surface area (Å²) < 4.78 is 10.3.